The minimum absolute atomic E-state index is 0.0373. The third kappa shape index (κ3) is 5.79. The number of benzene rings is 2. The highest BCUT2D eigenvalue weighted by Crippen LogP contribution is 2.39. The second kappa shape index (κ2) is 8.81. The van der Waals surface area contributed by atoms with Gasteiger partial charge in [-0.25, -0.2) is 9.78 Å². The molecule has 0 saturated heterocycles. The van der Waals surface area contributed by atoms with E-state index >= 15 is 0 Å². The lowest BCUT2D eigenvalue weighted by atomic mass is 10.1. The quantitative estimate of drug-likeness (QED) is 0.367. The van der Waals surface area contributed by atoms with E-state index in [1.54, 1.807) is 0 Å². The number of carboxylic acid groups (broad SMARTS) is 1. The molecule has 1 N–H and O–H groups in total. The third-order valence-electron chi connectivity index (χ3n) is 4.29. The van der Waals surface area contributed by atoms with Gasteiger partial charge in [0.15, 0.2) is 0 Å². The van der Waals surface area contributed by atoms with Crippen molar-refractivity contribution in [3.63, 3.8) is 0 Å². The van der Waals surface area contributed by atoms with E-state index in [4.69, 9.17) is 4.74 Å². The van der Waals surface area contributed by atoms with Crippen LogP contribution in [0, 0.1) is 0 Å². The second-order valence-electron chi connectivity index (χ2n) is 6.71. The molecule has 2 aromatic carbocycles. The second-order valence-corrected chi connectivity index (χ2v) is 7.70. The van der Waals surface area contributed by atoms with Crippen molar-refractivity contribution in [2.45, 2.75) is 25.1 Å². The summed E-state index contributed by atoms with van der Waals surface area (Å²) < 4.78 is 121. The summed E-state index contributed by atoms with van der Waals surface area (Å²) in [5.41, 5.74) is -4.43. The Labute approximate surface area is 188 Å². The molecule has 0 atom stereocenters. The van der Waals surface area contributed by atoms with Gasteiger partial charge in [0, 0.05) is 5.56 Å². The number of aromatic nitrogens is 1. The van der Waals surface area contributed by atoms with Crippen molar-refractivity contribution in [2.75, 3.05) is 0 Å². The van der Waals surface area contributed by atoms with Gasteiger partial charge in [-0.2, -0.15) is 39.5 Å². The number of carboxylic acids is 1. The first kappa shape index (κ1) is 25.3. The van der Waals surface area contributed by atoms with Crippen molar-refractivity contribution in [1.82, 2.24) is 4.98 Å². The summed E-state index contributed by atoms with van der Waals surface area (Å²) in [5, 5.41) is 9.31. The van der Waals surface area contributed by atoms with E-state index in [0.29, 0.717) is 23.5 Å². The molecule has 0 spiro atoms. The summed E-state index contributed by atoms with van der Waals surface area (Å²) in [7, 11) is 0. The lowest BCUT2D eigenvalue weighted by molar-refractivity contribution is -0.143. The first-order valence-corrected chi connectivity index (χ1v) is 9.70. The van der Waals surface area contributed by atoms with Crippen LogP contribution < -0.4 is 4.74 Å². The summed E-state index contributed by atoms with van der Waals surface area (Å²) in [4.78, 5) is 15.0. The zero-order valence-corrected chi connectivity index (χ0v) is 17.1. The van der Waals surface area contributed by atoms with Gasteiger partial charge in [-0.05, 0) is 30.3 Å². The van der Waals surface area contributed by atoms with Crippen LogP contribution in [0.5, 0.6) is 5.75 Å². The Morgan fingerprint density at radius 3 is 1.76 bits per heavy atom. The molecule has 0 amide bonds. The summed E-state index contributed by atoms with van der Waals surface area (Å²) in [6, 6.07) is 4.11. The van der Waals surface area contributed by atoms with Crippen molar-refractivity contribution in [2.24, 2.45) is 0 Å². The third-order valence-corrected chi connectivity index (χ3v) is 5.42. The Balaban J connectivity index is 1.92. The van der Waals surface area contributed by atoms with Crippen LogP contribution in [0.15, 0.2) is 42.5 Å². The van der Waals surface area contributed by atoms with E-state index in [2.05, 4.69) is 4.98 Å². The molecule has 0 radical (unpaired) electrons. The number of halogens is 9. The smallest absolute Gasteiger partial charge is 0.416 e. The summed E-state index contributed by atoms with van der Waals surface area (Å²) >= 11 is 0.552. The number of alkyl halides is 9. The first-order valence-electron chi connectivity index (χ1n) is 8.88. The van der Waals surface area contributed by atoms with Crippen molar-refractivity contribution in [3.8, 4) is 16.3 Å². The fraction of sp³-hybridized carbons (Fsp3) is 0.200. The van der Waals surface area contributed by atoms with Gasteiger partial charge in [0.05, 0.1) is 16.7 Å². The van der Waals surface area contributed by atoms with Crippen molar-refractivity contribution >= 4 is 17.3 Å². The number of thiazole rings is 1. The molecule has 182 valence electrons. The van der Waals surface area contributed by atoms with Crippen LogP contribution in [0.25, 0.3) is 10.6 Å². The van der Waals surface area contributed by atoms with Gasteiger partial charge in [0.2, 0.25) is 0 Å². The highest BCUT2D eigenvalue weighted by molar-refractivity contribution is 7.17. The van der Waals surface area contributed by atoms with Crippen molar-refractivity contribution < 1.29 is 54.2 Å². The Kier molecular flexibility index (Phi) is 6.57. The van der Waals surface area contributed by atoms with E-state index in [1.165, 1.54) is 0 Å². The highest BCUT2D eigenvalue weighted by atomic mass is 32.1. The molecule has 3 aromatic rings. The molecule has 0 fully saturated rings. The molecule has 14 heteroatoms. The first-order chi connectivity index (χ1) is 15.6. The minimum Gasteiger partial charge on any atom is -0.487 e. The largest absolute Gasteiger partial charge is 0.487 e. The molecule has 34 heavy (non-hydrogen) atoms. The maximum Gasteiger partial charge on any atom is 0.416 e. The fourth-order valence-corrected chi connectivity index (χ4v) is 3.62. The van der Waals surface area contributed by atoms with Crippen LogP contribution in [0.2, 0.25) is 0 Å². The highest BCUT2D eigenvalue weighted by Gasteiger charge is 2.37. The minimum atomic E-state index is -5.11. The lowest BCUT2D eigenvalue weighted by Crippen LogP contribution is -2.12. The molecule has 0 aliphatic rings. The zero-order valence-electron chi connectivity index (χ0n) is 16.3. The fourth-order valence-electron chi connectivity index (χ4n) is 2.70. The maximum atomic E-state index is 13.0. The number of ether oxygens (including phenoxy) is 1. The van der Waals surface area contributed by atoms with Crippen LogP contribution >= 0.6 is 11.3 Å². The molecule has 3 rings (SSSR count). The summed E-state index contributed by atoms with van der Waals surface area (Å²) in [6.07, 6.45) is -14.8. The van der Waals surface area contributed by atoms with Crippen LogP contribution in [0.4, 0.5) is 39.5 Å². The topological polar surface area (TPSA) is 59.4 Å². The van der Waals surface area contributed by atoms with Gasteiger partial charge in [0.1, 0.15) is 27.9 Å². The molecule has 0 aliphatic heterocycles. The van der Waals surface area contributed by atoms with Crippen LogP contribution in [-0.2, 0) is 25.1 Å². The number of nitrogens with zero attached hydrogens (tertiary/aromatic N) is 1. The standard InChI is InChI=1S/C20H10F9NO3S/c21-18(22,23)10-3-1-9(2-4-10)16-30-14(15(34-16)17(31)32)8-33-13-6-11(19(24,25)26)5-12(7-13)20(27,28)29/h1-7H,8H2,(H,31,32). The van der Waals surface area contributed by atoms with Crippen molar-refractivity contribution in [3.05, 3.63) is 69.7 Å². The predicted molar refractivity (Wildman–Crippen MR) is 100 cm³/mol. The Hall–Kier alpha value is -3.29. The molecular formula is C20H10F9NO3S. The predicted octanol–water partition coefficient (Wildman–Crippen LogP) is 7.14. The molecule has 0 aliphatic carbocycles. The molecule has 0 unspecified atom stereocenters. The van der Waals surface area contributed by atoms with Crippen LogP contribution in [-0.4, -0.2) is 16.1 Å². The number of carbonyl (C=O) groups is 1. The van der Waals surface area contributed by atoms with Gasteiger partial charge in [-0.3, -0.25) is 0 Å². The number of hydrogen-bond acceptors (Lipinski definition) is 4. The van der Waals surface area contributed by atoms with Gasteiger partial charge >= 0.3 is 24.5 Å². The van der Waals surface area contributed by atoms with E-state index in [9.17, 15) is 49.4 Å². The van der Waals surface area contributed by atoms with E-state index < -0.39 is 58.4 Å². The SMILES string of the molecule is O=C(O)c1sc(-c2ccc(C(F)(F)F)cc2)nc1COc1cc(C(F)(F)F)cc(C(F)(F)F)c1. The molecule has 4 nitrogen and oxygen atoms in total. The molecule has 1 heterocycles. The molecule has 0 saturated carbocycles. The average molecular weight is 515 g/mol. The lowest BCUT2D eigenvalue weighted by Gasteiger charge is -2.14. The van der Waals surface area contributed by atoms with E-state index in [0.717, 1.165) is 24.3 Å². The summed E-state index contributed by atoms with van der Waals surface area (Å²) in [5.74, 6) is -2.35. The molecule has 1 aromatic heterocycles. The number of hydrogen-bond donors (Lipinski definition) is 1. The van der Waals surface area contributed by atoms with E-state index in [1.807, 2.05) is 0 Å². The van der Waals surface area contributed by atoms with E-state index in [-0.39, 0.29) is 22.3 Å². The molecule has 0 bridgehead atoms. The normalized spacial score (nSPS) is 12.6. The number of aromatic carboxylic acids is 1. The van der Waals surface area contributed by atoms with Crippen LogP contribution in [0.3, 0.4) is 0 Å². The summed E-state index contributed by atoms with van der Waals surface area (Å²) in [6.45, 7) is -0.808. The average Bonchev–Trinajstić information content (AvgIpc) is 3.15. The van der Waals surface area contributed by atoms with Gasteiger partial charge in [-0.1, -0.05) is 12.1 Å². The Morgan fingerprint density at radius 1 is 0.824 bits per heavy atom. The monoisotopic (exact) mass is 515 g/mol. The maximum absolute atomic E-state index is 13.0. The van der Waals surface area contributed by atoms with Gasteiger partial charge < -0.3 is 9.84 Å². The van der Waals surface area contributed by atoms with Gasteiger partial charge in [0.25, 0.3) is 0 Å². The molecular weight excluding hydrogens is 505 g/mol. The number of rotatable bonds is 5. The Morgan fingerprint density at radius 2 is 1.32 bits per heavy atom. The Bertz CT molecular complexity index is 1160. The van der Waals surface area contributed by atoms with Gasteiger partial charge in [-0.15, -0.1) is 11.3 Å². The van der Waals surface area contributed by atoms with Crippen molar-refractivity contribution in [1.29, 1.82) is 0 Å². The van der Waals surface area contributed by atoms with Crippen LogP contribution in [0.1, 0.15) is 32.1 Å². The zero-order chi connectivity index (χ0) is 25.5.